The first-order valence-electron chi connectivity index (χ1n) is 7.07. The molecule has 2 atom stereocenters. The van der Waals surface area contributed by atoms with Crippen LogP contribution in [0.4, 0.5) is 0 Å². The molecule has 2 unspecified atom stereocenters. The zero-order chi connectivity index (χ0) is 15.4. The molecule has 1 aliphatic heterocycles. The van der Waals surface area contributed by atoms with Gasteiger partial charge in [-0.05, 0) is 24.6 Å². The van der Waals surface area contributed by atoms with E-state index in [9.17, 15) is 9.90 Å². The Morgan fingerprint density at radius 3 is 3.00 bits per heavy atom. The zero-order valence-corrected chi connectivity index (χ0v) is 13.5. The van der Waals surface area contributed by atoms with Crippen molar-refractivity contribution in [3.63, 3.8) is 0 Å². The Morgan fingerprint density at radius 1 is 1.57 bits per heavy atom. The molecular formula is C15H20BrNO4. The minimum absolute atomic E-state index is 0.0113. The van der Waals surface area contributed by atoms with Crippen molar-refractivity contribution in [3.05, 3.63) is 28.2 Å². The van der Waals surface area contributed by atoms with E-state index in [4.69, 9.17) is 9.84 Å². The second kappa shape index (κ2) is 7.24. The Labute approximate surface area is 132 Å². The number of carboxylic acids is 1. The minimum Gasteiger partial charge on any atom is -0.508 e. The molecule has 1 aromatic carbocycles. The first kappa shape index (κ1) is 16.3. The highest BCUT2D eigenvalue weighted by Gasteiger charge is 2.29. The molecule has 1 aliphatic rings. The number of nitrogens with zero attached hydrogens (tertiary/aromatic N) is 1. The number of benzene rings is 1. The summed E-state index contributed by atoms with van der Waals surface area (Å²) in [5, 5.41) is 19.0. The van der Waals surface area contributed by atoms with Gasteiger partial charge in [0.2, 0.25) is 0 Å². The van der Waals surface area contributed by atoms with Crippen molar-refractivity contribution in [2.45, 2.75) is 31.9 Å². The lowest BCUT2D eigenvalue weighted by atomic mass is 10.00. The molecule has 1 aromatic rings. The Hall–Kier alpha value is -1.11. The summed E-state index contributed by atoms with van der Waals surface area (Å²) in [7, 11) is 0. The van der Waals surface area contributed by atoms with E-state index in [1.54, 1.807) is 12.1 Å². The van der Waals surface area contributed by atoms with Crippen LogP contribution >= 0.6 is 15.9 Å². The largest absolute Gasteiger partial charge is 0.508 e. The summed E-state index contributed by atoms with van der Waals surface area (Å²) >= 11 is 3.43. The molecule has 1 saturated heterocycles. The predicted molar refractivity (Wildman–Crippen MR) is 82.4 cm³/mol. The molecule has 0 spiro atoms. The third-order valence-electron chi connectivity index (χ3n) is 3.75. The molecule has 21 heavy (non-hydrogen) atoms. The van der Waals surface area contributed by atoms with Gasteiger partial charge >= 0.3 is 5.97 Å². The Kier molecular flexibility index (Phi) is 5.61. The fraction of sp³-hybridized carbons (Fsp3) is 0.533. The van der Waals surface area contributed by atoms with Crippen molar-refractivity contribution in [2.75, 3.05) is 19.7 Å². The van der Waals surface area contributed by atoms with Gasteiger partial charge in [-0.25, -0.2) is 0 Å². The summed E-state index contributed by atoms with van der Waals surface area (Å²) in [6.45, 7) is 3.88. The van der Waals surface area contributed by atoms with Crippen molar-refractivity contribution < 1.29 is 19.7 Å². The van der Waals surface area contributed by atoms with Crippen molar-refractivity contribution in [2.24, 2.45) is 0 Å². The van der Waals surface area contributed by atoms with Crippen molar-refractivity contribution in [1.29, 1.82) is 0 Å². The number of phenolic OH excluding ortho intramolecular Hbond substituents is 1. The number of aromatic hydroxyl groups is 1. The van der Waals surface area contributed by atoms with E-state index in [1.165, 1.54) is 0 Å². The van der Waals surface area contributed by atoms with Crippen molar-refractivity contribution in [3.8, 4) is 5.75 Å². The molecule has 2 N–H and O–H groups in total. The van der Waals surface area contributed by atoms with Gasteiger partial charge in [0, 0.05) is 29.2 Å². The maximum absolute atomic E-state index is 10.8. The van der Waals surface area contributed by atoms with Gasteiger partial charge in [-0.2, -0.15) is 0 Å². The molecule has 0 amide bonds. The highest BCUT2D eigenvalue weighted by Crippen LogP contribution is 2.34. The second-order valence-electron chi connectivity index (χ2n) is 5.21. The summed E-state index contributed by atoms with van der Waals surface area (Å²) in [5.74, 6) is -0.577. The van der Waals surface area contributed by atoms with Crippen LogP contribution in [0.2, 0.25) is 0 Å². The number of hydrogen-bond acceptors (Lipinski definition) is 4. The van der Waals surface area contributed by atoms with Crippen LogP contribution < -0.4 is 0 Å². The van der Waals surface area contributed by atoms with Crippen LogP contribution in [0.3, 0.4) is 0 Å². The maximum Gasteiger partial charge on any atom is 0.306 e. The molecule has 0 aromatic heterocycles. The monoisotopic (exact) mass is 357 g/mol. The van der Waals surface area contributed by atoms with E-state index < -0.39 is 5.97 Å². The van der Waals surface area contributed by atoms with E-state index in [2.05, 4.69) is 27.8 Å². The topological polar surface area (TPSA) is 70.0 Å². The van der Waals surface area contributed by atoms with Crippen LogP contribution in [-0.2, 0) is 9.53 Å². The average Bonchev–Trinajstić information content (AvgIpc) is 2.43. The highest BCUT2D eigenvalue weighted by molar-refractivity contribution is 9.10. The van der Waals surface area contributed by atoms with Crippen LogP contribution in [0.5, 0.6) is 5.75 Å². The Balaban J connectivity index is 2.16. The van der Waals surface area contributed by atoms with E-state index >= 15 is 0 Å². The summed E-state index contributed by atoms with van der Waals surface area (Å²) < 4.78 is 6.43. The predicted octanol–water partition coefficient (Wildman–Crippen LogP) is 2.78. The molecule has 0 radical (unpaired) electrons. The fourth-order valence-corrected chi connectivity index (χ4v) is 3.19. The maximum atomic E-state index is 10.8. The number of carboxylic acid groups (broad SMARTS) is 1. The number of rotatable bonds is 5. The molecule has 6 heteroatoms. The number of carbonyl (C=O) groups is 1. The molecule has 0 aliphatic carbocycles. The van der Waals surface area contributed by atoms with E-state index in [0.717, 1.165) is 23.0 Å². The molecule has 2 rings (SSSR count). The number of phenols is 1. The number of morpholine rings is 1. The van der Waals surface area contributed by atoms with E-state index in [1.807, 2.05) is 6.07 Å². The quantitative estimate of drug-likeness (QED) is 0.847. The van der Waals surface area contributed by atoms with Crippen molar-refractivity contribution >= 4 is 21.9 Å². The molecule has 0 bridgehead atoms. The van der Waals surface area contributed by atoms with Crippen LogP contribution in [0.1, 0.15) is 31.4 Å². The van der Waals surface area contributed by atoms with Crippen molar-refractivity contribution in [1.82, 2.24) is 4.90 Å². The molecule has 0 saturated carbocycles. The van der Waals surface area contributed by atoms with Gasteiger partial charge in [0.25, 0.3) is 0 Å². The fourth-order valence-electron chi connectivity index (χ4n) is 2.81. The first-order chi connectivity index (χ1) is 10.0. The van der Waals surface area contributed by atoms with Gasteiger partial charge < -0.3 is 14.9 Å². The molecule has 5 nitrogen and oxygen atoms in total. The molecule has 116 valence electrons. The molecule has 1 heterocycles. The second-order valence-corrected chi connectivity index (χ2v) is 6.13. The summed E-state index contributed by atoms with van der Waals surface area (Å²) in [6.07, 6.45) is 0.556. The standard InChI is InChI=1S/C15H20BrNO4/c1-2-13(12-7-10(16)3-4-14(12)18)17-5-6-21-11(9-17)8-15(19)20/h3-4,7,11,13,18H,2,5-6,8-9H2,1H3,(H,19,20). The molecular weight excluding hydrogens is 338 g/mol. The number of halogens is 1. The third kappa shape index (κ3) is 4.18. The van der Waals surface area contributed by atoms with Crippen LogP contribution in [0, 0.1) is 0 Å². The lowest BCUT2D eigenvalue weighted by Crippen LogP contribution is -2.44. The number of hydrogen-bond donors (Lipinski definition) is 2. The number of ether oxygens (including phenoxy) is 1. The Bertz CT molecular complexity index is 508. The van der Waals surface area contributed by atoms with Gasteiger partial charge in [-0.15, -0.1) is 0 Å². The lowest BCUT2D eigenvalue weighted by Gasteiger charge is -2.38. The lowest BCUT2D eigenvalue weighted by molar-refractivity contribution is -0.142. The summed E-state index contributed by atoms with van der Waals surface area (Å²) in [4.78, 5) is 13.0. The zero-order valence-electron chi connectivity index (χ0n) is 12.0. The SMILES string of the molecule is CCC(c1cc(Br)ccc1O)N1CCOC(CC(=O)O)C1. The van der Waals surface area contributed by atoms with E-state index in [0.29, 0.717) is 13.2 Å². The Morgan fingerprint density at radius 2 is 2.33 bits per heavy atom. The first-order valence-corrected chi connectivity index (χ1v) is 7.86. The summed E-state index contributed by atoms with van der Waals surface area (Å²) in [6, 6.07) is 5.46. The van der Waals surface area contributed by atoms with Crippen LogP contribution in [0.15, 0.2) is 22.7 Å². The summed E-state index contributed by atoms with van der Waals surface area (Å²) in [5.41, 5.74) is 0.864. The van der Waals surface area contributed by atoms with Gasteiger partial charge in [0.1, 0.15) is 5.75 Å². The van der Waals surface area contributed by atoms with Gasteiger partial charge in [-0.3, -0.25) is 9.69 Å². The van der Waals surface area contributed by atoms with Gasteiger partial charge in [0.05, 0.1) is 19.1 Å². The smallest absolute Gasteiger partial charge is 0.306 e. The highest BCUT2D eigenvalue weighted by atomic mass is 79.9. The number of aliphatic carboxylic acids is 1. The normalized spacial score (nSPS) is 21.1. The third-order valence-corrected chi connectivity index (χ3v) is 4.24. The van der Waals surface area contributed by atoms with Gasteiger partial charge in [0.15, 0.2) is 0 Å². The van der Waals surface area contributed by atoms with Gasteiger partial charge in [-0.1, -0.05) is 22.9 Å². The minimum atomic E-state index is -0.847. The molecule has 1 fully saturated rings. The average molecular weight is 358 g/mol. The van der Waals surface area contributed by atoms with Crippen LogP contribution in [0.25, 0.3) is 0 Å². The van der Waals surface area contributed by atoms with Crippen LogP contribution in [-0.4, -0.2) is 46.9 Å². The van der Waals surface area contributed by atoms with E-state index in [-0.39, 0.29) is 24.3 Å².